The van der Waals surface area contributed by atoms with Gasteiger partial charge in [0.15, 0.2) is 0 Å². The van der Waals surface area contributed by atoms with Crippen molar-refractivity contribution in [3.8, 4) is 0 Å². The fraction of sp³-hybridized carbons (Fsp3) is 0.800. The highest BCUT2D eigenvalue weighted by Gasteiger charge is 1.99. The van der Waals surface area contributed by atoms with Crippen LogP contribution in [0, 0.1) is 0 Å². The Hall–Kier alpha value is -1.10. The number of nitrogens with one attached hydrogen (secondary N) is 1. The maximum absolute atomic E-state index is 11.1. The maximum Gasteiger partial charge on any atom is 0.220 e. The van der Waals surface area contributed by atoms with Crippen LogP contribution in [0.15, 0.2) is 0 Å². The molecule has 0 atom stereocenters. The lowest BCUT2D eigenvalue weighted by molar-refractivity contribution is -0.121. The molecule has 0 spiro atoms. The van der Waals surface area contributed by atoms with E-state index in [-0.39, 0.29) is 11.8 Å². The molecule has 0 heterocycles. The van der Waals surface area contributed by atoms with Crippen LogP contribution in [0.2, 0.25) is 0 Å². The molecule has 0 aliphatic carbocycles. The lowest BCUT2D eigenvalue weighted by Gasteiger charge is -2.02. The van der Waals surface area contributed by atoms with Crippen LogP contribution < -0.4 is 16.8 Å². The second-order valence-corrected chi connectivity index (χ2v) is 3.52. The normalized spacial score (nSPS) is 9.93. The van der Waals surface area contributed by atoms with Crippen molar-refractivity contribution < 1.29 is 9.59 Å². The predicted octanol–water partition coefficient (Wildman–Crippen LogP) is -0.113. The molecule has 0 aliphatic rings. The summed E-state index contributed by atoms with van der Waals surface area (Å²) < 4.78 is 0. The lowest BCUT2D eigenvalue weighted by atomic mass is 10.1. The molecular formula is C10H21N3O2. The van der Waals surface area contributed by atoms with E-state index in [4.69, 9.17) is 11.5 Å². The van der Waals surface area contributed by atoms with Crippen molar-refractivity contribution in [1.29, 1.82) is 0 Å². The molecule has 0 aromatic carbocycles. The van der Waals surface area contributed by atoms with Gasteiger partial charge in [0.05, 0.1) is 0 Å². The van der Waals surface area contributed by atoms with Crippen LogP contribution >= 0.6 is 0 Å². The Bertz CT molecular complexity index is 195. The highest BCUT2D eigenvalue weighted by molar-refractivity contribution is 5.75. The Morgan fingerprint density at radius 3 is 2.13 bits per heavy atom. The second kappa shape index (κ2) is 9.45. The summed E-state index contributed by atoms with van der Waals surface area (Å²) in [6.45, 7) is 1.02. The smallest absolute Gasteiger partial charge is 0.220 e. The molecule has 0 saturated carbocycles. The van der Waals surface area contributed by atoms with Gasteiger partial charge < -0.3 is 16.8 Å². The molecule has 0 saturated heterocycles. The summed E-state index contributed by atoms with van der Waals surface area (Å²) in [5.74, 6) is -0.203. The minimum atomic E-state index is -0.254. The van der Waals surface area contributed by atoms with Crippen LogP contribution in [0.25, 0.3) is 0 Å². The summed E-state index contributed by atoms with van der Waals surface area (Å²) in [5, 5.41) is 2.70. The minimum Gasteiger partial charge on any atom is -0.370 e. The fourth-order valence-electron chi connectivity index (χ4n) is 1.24. The van der Waals surface area contributed by atoms with Crippen molar-refractivity contribution in [3.63, 3.8) is 0 Å². The molecule has 0 fully saturated rings. The summed E-state index contributed by atoms with van der Waals surface area (Å²) in [4.78, 5) is 21.5. The summed E-state index contributed by atoms with van der Waals surface area (Å²) in [6.07, 6.45) is 4.57. The van der Waals surface area contributed by atoms with E-state index in [1.807, 2.05) is 0 Å². The Morgan fingerprint density at radius 2 is 1.60 bits per heavy atom. The van der Waals surface area contributed by atoms with Gasteiger partial charge in [-0.05, 0) is 12.8 Å². The second-order valence-electron chi connectivity index (χ2n) is 3.52. The fourth-order valence-corrected chi connectivity index (χ4v) is 1.24. The minimum absolute atomic E-state index is 0.0513. The largest absolute Gasteiger partial charge is 0.370 e. The zero-order valence-corrected chi connectivity index (χ0v) is 9.13. The van der Waals surface area contributed by atoms with Crippen molar-refractivity contribution in [2.75, 3.05) is 13.1 Å². The van der Waals surface area contributed by atoms with Crippen molar-refractivity contribution in [2.45, 2.75) is 38.5 Å². The van der Waals surface area contributed by atoms with Gasteiger partial charge in [-0.15, -0.1) is 0 Å². The number of hydrogen-bond donors (Lipinski definition) is 3. The van der Waals surface area contributed by atoms with E-state index in [1.165, 1.54) is 0 Å². The number of amides is 2. The van der Waals surface area contributed by atoms with Crippen LogP contribution in [-0.2, 0) is 9.59 Å². The first-order valence-corrected chi connectivity index (χ1v) is 5.42. The molecule has 88 valence electrons. The Kier molecular flexibility index (Phi) is 8.76. The van der Waals surface area contributed by atoms with Crippen molar-refractivity contribution in [2.24, 2.45) is 11.5 Å². The maximum atomic E-state index is 11.1. The van der Waals surface area contributed by atoms with Crippen molar-refractivity contribution in [3.05, 3.63) is 0 Å². The molecule has 0 unspecified atom stereocenters. The van der Waals surface area contributed by atoms with E-state index in [0.29, 0.717) is 25.9 Å². The molecule has 0 rings (SSSR count). The molecular weight excluding hydrogens is 194 g/mol. The van der Waals surface area contributed by atoms with Crippen LogP contribution in [-0.4, -0.2) is 24.9 Å². The van der Waals surface area contributed by atoms with Crippen LogP contribution in [0.3, 0.4) is 0 Å². The first kappa shape index (κ1) is 13.9. The third kappa shape index (κ3) is 10.8. The van der Waals surface area contributed by atoms with Gasteiger partial charge in [-0.3, -0.25) is 9.59 Å². The quantitative estimate of drug-likeness (QED) is 0.468. The van der Waals surface area contributed by atoms with E-state index < -0.39 is 0 Å². The molecule has 15 heavy (non-hydrogen) atoms. The third-order valence-corrected chi connectivity index (χ3v) is 2.04. The van der Waals surface area contributed by atoms with Gasteiger partial charge in [0.25, 0.3) is 0 Å². The first-order valence-electron chi connectivity index (χ1n) is 5.42. The molecule has 0 aromatic heterocycles. The average Bonchev–Trinajstić information content (AvgIpc) is 2.19. The SMILES string of the molecule is NCCNC(=O)CCCCCCC(N)=O. The first-order chi connectivity index (χ1) is 7.16. The molecule has 2 amide bonds. The summed E-state index contributed by atoms with van der Waals surface area (Å²) in [5.41, 5.74) is 10.2. The Labute approximate surface area is 90.6 Å². The molecule has 5 nitrogen and oxygen atoms in total. The molecule has 0 aromatic rings. The molecule has 0 bridgehead atoms. The van der Waals surface area contributed by atoms with Gasteiger partial charge in [-0.1, -0.05) is 12.8 Å². The van der Waals surface area contributed by atoms with Gasteiger partial charge in [-0.25, -0.2) is 0 Å². The average molecular weight is 215 g/mol. The molecule has 0 radical (unpaired) electrons. The number of carbonyl (C=O) groups excluding carboxylic acids is 2. The lowest BCUT2D eigenvalue weighted by Crippen LogP contribution is -2.28. The van der Waals surface area contributed by atoms with Crippen molar-refractivity contribution >= 4 is 11.8 Å². The highest BCUT2D eigenvalue weighted by Crippen LogP contribution is 2.04. The summed E-state index contributed by atoms with van der Waals surface area (Å²) in [7, 11) is 0. The van der Waals surface area contributed by atoms with E-state index in [2.05, 4.69) is 5.32 Å². The van der Waals surface area contributed by atoms with Gasteiger partial charge >= 0.3 is 0 Å². The zero-order valence-electron chi connectivity index (χ0n) is 9.13. The van der Waals surface area contributed by atoms with E-state index in [1.54, 1.807) is 0 Å². The van der Waals surface area contributed by atoms with Gasteiger partial charge in [0.2, 0.25) is 11.8 Å². The number of nitrogens with two attached hydrogens (primary N) is 2. The monoisotopic (exact) mass is 215 g/mol. The standard InChI is InChI=1S/C10H21N3O2/c11-7-8-13-10(15)6-4-2-1-3-5-9(12)14/h1-8,11H2,(H2,12,14)(H,13,15). The molecule has 0 aliphatic heterocycles. The Balaban J connectivity index is 3.16. The van der Waals surface area contributed by atoms with E-state index in [9.17, 15) is 9.59 Å². The van der Waals surface area contributed by atoms with Gasteiger partial charge in [-0.2, -0.15) is 0 Å². The summed E-state index contributed by atoms with van der Waals surface area (Å²) >= 11 is 0. The molecule has 5 heteroatoms. The van der Waals surface area contributed by atoms with E-state index in [0.717, 1.165) is 25.7 Å². The third-order valence-electron chi connectivity index (χ3n) is 2.04. The Morgan fingerprint density at radius 1 is 1.00 bits per heavy atom. The van der Waals surface area contributed by atoms with Crippen molar-refractivity contribution in [1.82, 2.24) is 5.32 Å². The van der Waals surface area contributed by atoms with Crippen LogP contribution in [0.4, 0.5) is 0 Å². The van der Waals surface area contributed by atoms with Gasteiger partial charge in [0.1, 0.15) is 0 Å². The highest BCUT2D eigenvalue weighted by atomic mass is 16.1. The number of rotatable bonds is 9. The predicted molar refractivity (Wildman–Crippen MR) is 59.0 cm³/mol. The number of carbonyl (C=O) groups is 2. The number of primary amides is 1. The summed E-state index contributed by atoms with van der Waals surface area (Å²) in [6, 6.07) is 0. The topological polar surface area (TPSA) is 98.2 Å². The number of unbranched alkanes of at least 4 members (excludes halogenated alkanes) is 3. The molecule has 5 N–H and O–H groups in total. The van der Waals surface area contributed by atoms with Gasteiger partial charge in [0, 0.05) is 25.9 Å². The van der Waals surface area contributed by atoms with Crippen LogP contribution in [0.5, 0.6) is 0 Å². The zero-order chi connectivity index (χ0) is 11.5. The van der Waals surface area contributed by atoms with Crippen LogP contribution in [0.1, 0.15) is 38.5 Å². The van der Waals surface area contributed by atoms with E-state index >= 15 is 0 Å². The number of hydrogen-bond acceptors (Lipinski definition) is 3.